The molecule has 6 heteroatoms. The van der Waals surface area contributed by atoms with Crippen molar-refractivity contribution in [3.8, 4) is 28.5 Å². The van der Waals surface area contributed by atoms with Gasteiger partial charge in [0.2, 0.25) is 0 Å². The van der Waals surface area contributed by atoms with Gasteiger partial charge in [-0.2, -0.15) is 5.10 Å². The molecule has 0 aliphatic heterocycles. The maximum atomic E-state index is 5.62. The molecule has 0 aliphatic rings. The van der Waals surface area contributed by atoms with E-state index in [1.165, 1.54) is 5.56 Å². The Hall–Kier alpha value is -4.06. The number of fused-ring (bicyclic) bond motifs is 3. The lowest BCUT2D eigenvalue weighted by Gasteiger charge is -2.14. The molecular weight excluding hydrogens is 402 g/mol. The van der Waals surface area contributed by atoms with Gasteiger partial charge in [-0.1, -0.05) is 42.5 Å². The number of nitrogens with zero attached hydrogens (tertiary/aromatic N) is 2. The molecule has 0 radical (unpaired) electrons. The third kappa shape index (κ3) is 3.30. The zero-order valence-electron chi connectivity index (χ0n) is 18.2. The molecule has 0 amide bonds. The van der Waals surface area contributed by atoms with Gasteiger partial charge in [0.1, 0.15) is 5.75 Å². The highest BCUT2D eigenvalue weighted by Crippen LogP contribution is 2.42. The predicted molar refractivity (Wildman–Crippen MR) is 126 cm³/mol. The van der Waals surface area contributed by atoms with Crippen LogP contribution in [0.15, 0.2) is 66.7 Å². The second kappa shape index (κ2) is 8.23. The first-order valence-electron chi connectivity index (χ1n) is 10.3. The molecule has 0 saturated carbocycles. The molecule has 0 saturated heterocycles. The minimum absolute atomic E-state index is 0.644. The Kier molecular flexibility index (Phi) is 5.11. The number of H-pyrrole nitrogens is 1. The van der Waals surface area contributed by atoms with Crippen LogP contribution in [0.4, 0.5) is 0 Å². The Morgan fingerprint density at radius 1 is 0.750 bits per heavy atom. The maximum Gasteiger partial charge on any atom is 0.182 e. The summed E-state index contributed by atoms with van der Waals surface area (Å²) in [5, 5.41) is 10.7. The molecule has 1 N–H and O–H groups in total. The second-order valence-electron chi connectivity index (χ2n) is 7.48. The SMILES string of the molecule is COc1cc2c(-c3ccccc3OC)nc3n[nH]c(Cc4ccccc4)c3c2cc1OC. The van der Waals surface area contributed by atoms with Crippen molar-refractivity contribution >= 4 is 21.8 Å². The normalized spacial score (nSPS) is 11.1. The Balaban J connectivity index is 1.84. The van der Waals surface area contributed by atoms with Crippen molar-refractivity contribution in [3.05, 3.63) is 78.0 Å². The second-order valence-corrected chi connectivity index (χ2v) is 7.48. The van der Waals surface area contributed by atoms with Gasteiger partial charge in [0.25, 0.3) is 0 Å². The zero-order valence-corrected chi connectivity index (χ0v) is 18.2. The highest BCUT2D eigenvalue weighted by molar-refractivity contribution is 6.12. The lowest BCUT2D eigenvalue weighted by molar-refractivity contribution is 0.356. The van der Waals surface area contributed by atoms with Gasteiger partial charge < -0.3 is 14.2 Å². The van der Waals surface area contributed by atoms with Gasteiger partial charge in [-0.05, 0) is 29.8 Å². The summed E-state index contributed by atoms with van der Waals surface area (Å²) in [4.78, 5) is 4.96. The minimum Gasteiger partial charge on any atom is -0.496 e. The lowest BCUT2D eigenvalue weighted by atomic mass is 9.98. The van der Waals surface area contributed by atoms with Crippen molar-refractivity contribution in [2.45, 2.75) is 6.42 Å². The predicted octanol–water partition coefficient (Wildman–Crippen LogP) is 5.39. The van der Waals surface area contributed by atoms with E-state index < -0.39 is 0 Å². The van der Waals surface area contributed by atoms with E-state index in [9.17, 15) is 0 Å². The number of aromatic amines is 1. The molecule has 2 aromatic heterocycles. The number of methoxy groups -OCH3 is 3. The summed E-state index contributed by atoms with van der Waals surface area (Å²) < 4.78 is 16.8. The van der Waals surface area contributed by atoms with Crippen molar-refractivity contribution < 1.29 is 14.2 Å². The summed E-state index contributed by atoms with van der Waals surface area (Å²) in [7, 11) is 4.94. The number of para-hydroxylation sites is 1. The average Bonchev–Trinajstić information content (AvgIpc) is 3.25. The third-order valence-electron chi connectivity index (χ3n) is 5.67. The number of hydrogen-bond donors (Lipinski definition) is 1. The van der Waals surface area contributed by atoms with Crippen LogP contribution in [0.5, 0.6) is 17.2 Å². The molecule has 0 fully saturated rings. The monoisotopic (exact) mass is 425 g/mol. The van der Waals surface area contributed by atoms with Crippen LogP contribution in [0, 0.1) is 0 Å². The number of pyridine rings is 1. The Bertz CT molecular complexity index is 1410. The topological polar surface area (TPSA) is 69.3 Å². The van der Waals surface area contributed by atoms with Gasteiger partial charge in [0, 0.05) is 28.5 Å². The fourth-order valence-electron chi connectivity index (χ4n) is 4.15. The van der Waals surface area contributed by atoms with Crippen LogP contribution < -0.4 is 14.2 Å². The molecule has 3 aromatic carbocycles. The molecule has 6 nitrogen and oxygen atoms in total. The smallest absolute Gasteiger partial charge is 0.182 e. The fraction of sp³-hybridized carbons (Fsp3) is 0.154. The Morgan fingerprint density at radius 2 is 1.41 bits per heavy atom. The number of ether oxygens (including phenoxy) is 3. The van der Waals surface area contributed by atoms with Crippen molar-refractivity contribution in [1.82, 2.24) is 15.2 Å². The van der Waals surface area contributed by atoms with E-state index in [0.717, 1.165) is 45.3 Å². The summed E-state index contributed by atoms with van der Waals surface area (Å²) in [5.74, 6) is 2.05. The van der Waals surface area contributed by atoms with Gasteiger partial charge in [-0.3, -0.25) is 5.10 Å². The van der Waals surface area contributed by atoms with E-state index in [-0.39, 0.29) is 0 Å². The standard InChI is InChI=1S/C26H23N3O3/c1-30-21-12-8-7-11-17(21)25-19-15-23(32-3)22(31-2)14-18(19)24-20(28-29-26(24)27-25)13-16-9-5-4-6-10-16/h4-12,14-15H,13H2,1-3H3,(H,27,28,29). The maximum absolute atomic E-state index is 5.62. The van der Waals surface area contributed by atoms with Gasteiger partial charge in [-0.15, -0.1) is 0 Å². The van der Waals surface area contributed by atoms with E-state index in [2.05, 4.69) is 22.3 Å². The van der Waals surface area contributed by atoms with Crippen LogP contribution in [-0.4, -0.2) is 36.5 Å². The molecule has 0 atom stereocenters. The minimum atomic E-state index is 0.644. The van der Waals surface area contributed by atoms with E-state index in [0.29, 0.717) is 17.1 Å². The van der Waals surface area contributed by atoms with E-state index >= 15 is 0 Å². The summed E-state index contributed by atoms with van der Waals surface area (Å²) in [6.07, 6.45) is 0.719. The highest BCUT2D eigenvalue weighted by Gasteiger charge is 2.20. The van der Waals surface area contributed by atoms with Crippen molar-refractivity contribution in [2.75, 3.05) is 21.3 Å². The molecule has 5 rings (SSSR count). The Morgan fingerprint density at radius 3 is 2.12 bits per heavy atom. The zero-order chi connectivity index (χ0) is 22.1. The number of hydrogen-bond acceptors (Lipinski definition) is 5. The largest absolute Gasteiger partial charge is 0.496 e. The van der Waals surface area contributed by atoms with Crippen molar-refractivity contribution in [3.63, 3.8) is 0 Å². The fourth-order valence-corrected chi connectivity index (χ4v) is 4.15. The molecular formula is C26H23N3O3. The molecule has 0 bridgehead atoms. The van der Waals surface area contributed by atoms with Gasteiger partial charge in [0.05, 0.1) is 32.4 Å². The summed E-state index contributed by atoms with van der Waals surface area (Å²) in [6, 6.07) is 22.1. The summed E-state index contributed by atoms with van der Waals surface area (Å²) >= 11 is 0. The van der Waals surface area contributed by atoms with Crippen LogP contribution in [0.1, 0.15) is 11.3 Å². The summed E-state index contributed by atoms with van der Waals surface area (Å²) in [6.45, 7) is 0. The molecule has 2 heterocycles. The van der Waals surface area contributed by atoms with E-state index in [1.54, 1.807) is 21.3 Å². The van der Waals surface area contributed by atoms with Crippen LogP contribution in [0.2, 0.25) is 0 Å². The first kappa shape index (κ1) is 19.9. The molecule has 160 valence electrons. The van der Waals surface area contributed by atoms with Crippen molar-refractivity contribution in [1.29, 1.82) is 0 Å². The number of aromatic nitrogens is 3. The average molecular weight is 425 g/mol. The number of nitrogens with one attached hydrogen (secondary N) is 1. The molecule has 5 aromatic rings. The van der Waals surface area contributed by atoms with Crippen molar-refractivity contribution in [2.24, 2.45) is 0 Å². The van der Waals surface area contributed by atoms with E-state index in [4.69, 9.17) is 19.2 Å². The van der Waals surface area contributed by atoms with Gasteiger partial charge >= 0.3 is 0 Å². The molecule has 0 aliphatic carbocycles. The highest BCUT2D eigenvalue weighted by atomic mass is 16.5. The quantitative estimate of drug-likeness (QED) is 0.395. The number of benzene rings is 3. The van der Waals surface area contributed by atoms with Gasteiger partial charge in [-0.25, -0.2) is 4.98 Å². The third-order valence-corrected chi connectivity index (χ3v) is 5.67. The summed E-state index contributed by atoms with van der Waals surface area (Å²) in [5.41, 5.74) is 4.52. The van der Waals surface area contributed by atoms with Gasteiger partial charge in [0.15, 0.2) is 17.1 Å². The lowest BCUT2D eigenvalue weighted by Crippen LogP contribution is -1.96. The van der Waals surface area contributed by atoms with Crippen LogP contribution in [0.25, 0.3) is 33.1 Å². The van der Waals surface area contributed by atoms with E-state index in [1.807, 2.05) is 54.6 Å². The van der Waals surface area contributed by atoms with Crippen LogP contribution >= 0.6 is 0 Å². The van der Waals surface area contributed by atoms with Crippen LogP contribution in [0.3, 0.4) is 0 Å². The first-order chi connectivity index (χ1) is 15.7. The number of rotatable bonds is 6. The Labute approximate surface area is 185 Å². The molecule has 0 spiro atoms. The van der Waals surface area contributed by atoms with Crippen LogP contribution in [-0.2, 0) is 6.42 Å². The molecule has 0 unspecified atom stereocenters. The first-order valence-corrected chi connectivity index (χ1v) is 10.3. The molecule has 32 heavy (non-hydrogen) atoms.